The van der Waals surface area contributed by atoms with Crippen molar-refractivity contribution in [2.75, 3.05) is 0 Å². The quantitative estimate of drug-likeness (QED) is 0.371. The van der Waals surface area contributed by atoms with Crippen molar-refractivity contribution in [1.82, 2.24) is 24.6 Å². The van der Waals surface area contributed by atoms with Crippen molar-refractivity contribution in [3.05, 3.63) is 76.6 Å². The van der Waals surface area contributed by atoms with Gasteiger partial charge >= 0.3 is 0 Å². The van der Waals surface area contributed by atoms with Crippen LogP contribution in [0.1, 0.15) is 48.3 Å². The number of carbonyl (C=O) groups is 1. The van der Waals surface area contributed by atoms with Gasteiger partial charge in [0.1, 0.15) is 0 Å². The van der Waals surface area contributed by atoms with Crippen molar-refractivity contribution in [3.8, 4) is 0 Å². The highest BCUT2D eigenvalue weighted by atomic mass is 32.2. The standard InChI is InChI=1S/C26H31N5O3S/c1-17(2)30-35(33,34)16-21-11-9-20(10-12-21)15-27-25(32)14-13-22-18(3)28-26-23-7-5-6-8-24(23)29-31(26)19(22)4/h5-12,17,30H,13-16H2,1-4H3,(H,27,32). The molecule has 35 heavy (non-hydrogen) atoms. The van der Waals surface area contributed by atoms with Crippen LogP contribution in [0.4, 0.5) is 0 Å². The van der Waals surface area contributed by atoms with Crippen molar-refractivity contribution in [3.63, 3.8) is 0 Å². The highest BCUT2D eigenvalue weighted by molar-refractivity contribution is 7.88. The number of aryl methyl sites for hydroxylation is 2. The molecule has 0 saturated heterocycles. The smallest absolute Gasteiger partial charge is 0.220 e. The van der Waals surface area contributed by atoms with Crippen LogP contribution < -0.4 is 10.0 Å². The van der Waals surface area contributed by atoms with Crippen molar-refractivity contribution >= 4 is 32.5 Å². The minimum absolute atomic E-state index is 0.0534. The molecule has 0 radical (unpaired) electrons. The number of nitrogens with one attached hydrogen (secondary N) is 2. The van der Waals surface area contributed by atoms with Gasteiger partial charge in [0.25, 0.3) is 0 Å². The summed E-state index contributed by atoms with van der Waals surface area (Å²) in [5.74, 6) is -0.122. The lowest BCUT2D eigenvalue weighted by molar-refractivity contribution is -0.121. The normalized spacial score (nSPS) is 12.0. The Labute approximate surface area is 205 Å². The Morgan fingerprint density at radius 3 is 2.43 bits per heavy atom. The van der Waals surface area contributed by atoms with Crippen LogP contribution in [-0.4, -0.2) is 35.0 Å². The van der Waals surface area contributed by atoms with Crippen LogP contribution in [-0.2, 0) is 33.5 Å². The first-order valence-corrected chi connectivity index (χ1v) is 13.4. The van der Waals surface area contributed by atoms with Crippen molar-refractivity contribution in [2.45, 2.75) is 58.9 Å². The maximum Gasteiger partial charge on any atom is 0.220 e. The Morgan fingerprint density at radius 2 is 1.71 bits per heavy atom. The van der Waals surface area contributed by atoms with Gasteiger partial charge in [0.15, 0.2) is 5.65 Å². The zero-order valence-electron chi connectivity index (χ0n) is 20.5. The highest BCUT2D eigenvalue weighted by Gasteiger charge is 2.15. The molecular weight excluding hydrogens is 462 g/mol. The number of nitrogens with zero attached hydrogens (tertiary/aromatic N) is 3. The molecule has 0 atom stereocenters. The van der Waals surface area contributed by atoms with E-state index in [4.69, 9.17) is 4.98 Å². The molecule has 1 amide bonds. The van der Waals surface area contributed by atoms with Gasteiger partial charge in [-0.15, -0.1) is 0 Å². The number of sulfonamides is 1. The van der Waals surface area contributed by atoms with Crippen LogP contribution in [0.5, 0.6) is 0 Å². The van der Waals surface area contributed by atoms with Gasteiger partial charge in [0.2, 0.25) is 15.9 Å². The molecule has 9 heteroatoms. The number of amides is 1. The van der Waals surface area contributed by atoms with Crippen LogP contribution in [0.3, 0.4) is 0 Å². The second-order valence-electron chi connectivity index (χ2n) is 9.14. The molecule has 0 aliphatic heterocycles. The fourth-order valence-electron chi connectivity index (χ4n) is 4.24. The van der Waals surface area contributed by atoms with E-state index >= 15 is 0 Å². The van der Waals surface area contributed by atoms with E-state index in [-0.39, 0.29) is 17.7 Å². The molecule has 8 nitrogen and oxygen atoms in total. The first kappa shape index (κ1) is 24.8. The summed E-state index contributed by atoms with van der Waals surface area (Å²) in [6.07, 6.45) is 0.912. The zero-order valence-corrected chi connectivity index (χ0v) is 21.3. The first-order valence-electron chi connectivity index (χ1n) is 11.7. The second kappa shape index (κ2) is 10.1. The molecule has 0 spiro atoms. The van der Waals surface area contributed by atoms with E-state index in [1.54, 1.807) is 26.0 Å². The fourth-order valence-corrected chi connectivity index (χ4v) is 5.67. The largest absolute Gasteiger partial charge is 0.352 e. The molecule has 2 heterocycles. The van der Waals surface area contributed by atoms with E-state index < -0.39 is 10.0 Å². The fraction of sp³-hybridized carbons (Fsp3) is 0.346. The summed E-state index contributed by atoms with van der Waals surface area (Å²) < 4.78 is 28.6. The number of rotatable bonds is 9. The average Bonchev–Trinajstić information content (AvgIpc) is 3.16. The number of benzene rings is 2. The maximum atomic E-state index is 12.5. The molecule has 0 aliphatic carbocycles. The van der Waals surface area contributed by atoms with Crippen molar-refractivity contribution in [2.24, 2.45) is 0 Å². The van der Waals surface area contributed by atoms with Gasteiger partial charge in [-0.25, -0.2) is 22.6 Å². The highest BCUT2D eigenvalue weighted by Crippen LogP contribution is 2.23. The lowest BCUT2D eigenvalue weighted by Gasteiger charge is -2.12. The predicted octanol–water partition coefficient (Wildman–Crippen LogP) is 3.58. The number of carbonyl (C=O) groups excluding carboxylic acids is 1. The van der Waals surface area contributed by atoms with Crippen molar-refractivity contribution < 1.29 is 13.2 Å². The number of hydrogen-bond donors (Lipinski definition) is 2. The van der Waals surface area contributed by atoms with E-state index in [1.165, 1.54) is 0 Å². The molecule has 4 aromatic rings. The SMILES string of the molecule is Cc1nc2c3ccccc3nn2c(C)c1CCC(=O)NCc1ccc(CS(=O)(=O)NC(C)C)cc1. The summed E-state index contributed by atoms with van der Waals surface area (Å²) >= 11 is 0. The van der Waals surface area contributed by atoms with Gasteiger partial charge in [-0.2, -0.15) is 5.10 Å². The van der Waals surface area contributed by atoms with Crippen LogP contribution in [0, 0.1) is 13.8 Å². The molecule has 2 aromatic heterocycles. The minimum Gasteiger partial charge on any atom is -0.352 e. The Balaban J connectivity index is 1.35. The van der Waals surface area contributed by atoms with Gasteiger partial charge in [-0.1, -0.05) is 36.4 Å². The summed E-state index contributed by atoms with van der Waals surface area (Å²) in [4.78, 5) is 17.3. The Kier molecular flexibility index (Phi) is 7.18. The van der Waals surface area contributed by atoms with Crippen molar-refractivity contribution in [1.29, 1.82) is 0 Å². The third kappa shape index (κ3) is 5.86. The molecule has 2 aromatic carbocycles. The molecule has 4 rings (SSSR count). The molecule has 0 unspecified atom stereocenters. The molecule has 0 saturated carbocycles. The summed E-state index contributed by atoms with van der Waals surface area (Å²) in [6, 6.07) is 15.0. The second-order valence-corrected chi connectivity index (χ2v) is 10.9. The summed E-state index contributed by atoms with van der Waals surface area (Å²) in [5.41, 5.74) is 6.28. The molecular formula is C26H31N5O3S. The summed E-state index contributed by atoms with van der Waals surface area (Å²) in [5, 5.41) is 8.64. The number of fused-ring (bicyclic) bond motifs is 3. The molecule has 0 bridgehead atoms. The lowest BCUT2D eigenvalue weighted by Crippen LogP contribution is -2.31. The van der Waals surface area contributed by atoms with Gasteiger partial charge in [0, 0.05) is 35.8 Å². The Morgan fingerprint density at radius 1 is 1.03 bits per heavy atom. The third-order valence-electron chi connectivity index (χ3n) is 5.90. The van der Waals surface area contributed by atoms with E-state index in [9.17, 15) is 13.2 Å². The molecule has 0 fully saturated rings. The predicted molar refractivity (Wildman–Crippen MR) is 137 cm³/mol. The summed E-state index contributed by atoms with van der Waals surface area (Å²) in [6.45, 7) is 7.95. The van der Waals surface area contributed by atoms with Gasteiger partial charge < -0.3 is 5.32 Å². The Hall–Kier alpha value is -3.30. The van der Waals surface area contributed by atoms with E-state index in [2.05, 4.69) is 15.1 Å². The summed E-state index contributed by atoms with van der Waals surface area (Å²) in [7, 11) is -3.37. The lowest BCUT2D eigenvalue weighted by atomic mass is 10.1. The van der Waals surface area contributed by atoms with E-state index in [0.717, 1.165) is 39.1 Å². The molecule has 0 aliphatic rings. The topological polar surface area (TPSA) is 105 Å². The Bertz CT molecular complexity index is 1470. The van der Waals surface area contributed by atoms with Crippen LogP contribution in [0.2, 0.25) is 0 Å². The van der Waals surface area contributed by atoms with Gasteiger partial charge in [-0.05, 0) is 62.9 Å². The van der Waals surface area contributed by atoms with E-state index in [1.807, 2.05) is 54.8 Å². The van der Waals surface area contributed by atoms with Gasteiger partial charge in [0.05, 0.1) is 11.3 Å². The first-order chi connectivity index (χ1) is 16.6. The van der Waals surface area contributed by atoms with Crippen LogP contribution >= 0.6 is 0 Å². The van der Waals surface area contributed by atoms with E-state index in [0.29, 0.717) is 24.9 Å². The number of aromatic nitrogens is 3. The minimum atomic E-state index is -3.37. The average molecular weight is 494 g/mol. The van der Waals surface area contributed by atoms with Crippen LogP contribution in [0.15, 0.2) is 48.5 Å². The molecule has 2 N–H and O–H groups in total. The third-order valence-corrected chi connectivity index (χ3v) is 7.45. The monoisotopic (exact) mass is 493 g/mol. The molecule has 184 valence electrons. The van der Waals surface area contributed by atoms with Crippen LogP contribution in [0.25, 0.3) is 16.6 Å². The maximum absolute atomic E-state index is 12.5. The number of hydrogen-bond acceptors (Lipinski definition) is 5. The van der Waals surface area contributed by atoms with Gasteiger partial charge in [-0.3, -0.25) is 4.79 Å². The zero-order chi connectivity index (χ0) is 25.2.